The van der Waals surface area contributed by atoms with E-state index in [1.54, 1.807) is 17.2 Å². The van der Waals surface area contributed by atoms with Gasteiger partial charge in [0.15, 0.2) is 6.04 Å². The van der Waals surface area contributed by atoms with Gasteiger partial charge in [-0.15, -0.1) is 0 Å². The average Bonchev–Trinajstić information content (AvgIpc) is 2.46. The molecule has 1 saturated heterocycles. The van der Waals surface area contributed by atoms with Gasteiger partial charge in [0.1, 0.15) is 0 Å². The van der Waals surface area contributed by atoms with E-state index in [0.717, 1.165) is 0 Å². The summed E-state index contributed by atoms with van der Waals surface area (Å²) in [5, 5.41) is 0. The van der Waals surface area contributed by atoms with Crippen LogP contribution in [0.1, 0.15) is 13.8 Å². The Morgan fingerprint density at radius 2 is 2.35 bits per heavy atom. The van der Waals surface area contributed by atoms with Crippen LogP contribution in [0.4, 0.5) is 5.95 Å². The maximum absolute atomic E-state index is 11.8. The van der Waals surface area contributed by atoms with Gasteiger partial charge in [-0.1, -0.05) is 0 Å². The molecule has 0 spiro atoms. The number of hydrogen-bond acceptors (Lipinski definition) is 7. The Balaban J connectivity index is 2.21. The van der Waals surface area contributed by atoms with Gasteiger partial charge in [0.2, 0.25) is 11.8 Å². The number of hydrogen-bond donors (Lipinski definition) is 0. The van der Waals surface area contributed by atoms with Crippen molar-refractivity contribution in [2.75, 3.05) is 31.8 Å². The Hall–Kier alpha value is -1.89. The number of rotatable bonds is 4. The van der Waals surface area contributed by atoms with Crippen molar-refractivity contribution in [3.05, 3.63) is 12.3 Å². The van der Waals surface area contributed by atoms with Gasteiger partial charge in [0, 0.05) is 18.8 Å². The number of morpholine rings is 1. The van der Waals surface area contributed by atoms with Gasteiger partial charge < -0.3 is 19.1 Å². The third-order valence-electron chi connectivity index (χ3n) is 2.83. The molecule has 2 rings (SSSR count). The van der Waals surface area contributed by atoms with Crippen LogP contribution in [0.15, 0.2) is 12.3 Å². The Morgan fingerprint density at radius 1 is 1.55 bits per heavy atom. The van der Waals surface area contributed by atoms with Crippen molar-refractivity contribution in [1.82, 2.24) is 9.97 Å². The standard InChI is InChI=1S/C13H19N3O4/c1-9(2)20-11-4-5-14-13(15-11)16-6-7-19-8-10(16)12(17)18-3/h4-5,9-10H,6-8H2,1-3H3. The zero-order valence-electron chi connectivity index (χ0n) is 11.9. The summed E-state index contributed by atoms with van der Waals surface area (Å²) in [6.07, 6.45) is 1.64. The van der Waals surface area contributed by atoms with E-state index in [-0.39, 0.29) is 18.7 Å². The molecule has 1 aromatic heterocycles. The zero-order valence-corrected chi connectivity index (χ0v) is 11.9. The maximum atomic E-state index is 11.8. The van der Waals surface area contributed by atoms with Crippen LogP contribution in [0.2, 0.25) is 0 Å². The molecular weight excluding hydrogens is 262 g/mol. The summed E-state index contributed by atoms with van der Waals surface area (Å²) in [4.78, 5) is 22.1. The van der Waals surface area contributed by atoms with Crippen molar-refractivity contribution in [3.8, 4) is 5.88 Å². The molecule has 0 saturated carbocycles. The van der Waals surface area contributed by atoms with Gasteiger partial charge in [0.25, 0.3) is 0 Å². The molecule has 0 aromatic carbocycles. The van der Waals surface area contributed by atoms with Crippen molar-refractivity contribution in [2.45, 2.75) is 26.0 Å². The van der Waals surface area contributed by atoms with Crippen molar-refractivity contribution in [3.63, 3.8) is 0 Å². The van der Waals surface area contributed by atoms with E-state index in [0.29, 0.717) is 25.0 Å². The monoisotopic (exact) mass is 281 g/mol. The number of nitrogens with zero attached hydrogens (tertiary/aromatic N) is 3. The topological polar surface area (TPSA) is 73.8 Å². The molecule has 1 aromatic rings. The summed E-state index contributed by atoms with van der Waals surface area (Å²) >= 11 is 0. The molecule has 2 heterocycles. The average molecular weight is 281 g/mol. The van der Waals surface area contributed by atoms with Crippen LogP contribution >= 0.6 is 0 Å². The lowest BCUT2D eigenvalue weighted by Crippen LogP contribution is -2.51. The van der Waals surface area contributed by atoms with E-state index >= 15 is 0 Å². The molecule has 0 aliphatic carbocycles. The zero-order chi connectivity index (χ0) is 14.5. The molecule has 1 aliphatic heterocycles. The molecule has 1 fully saturated rings. The number of anilines is 1. The van der Waals surface area contributed by atoms with E-state index in [1.165, 1.54) is 7.11 Å². The summed E-state index contributed by atoms with van der Waals surface area (Å²) in [7, 11) is 1.36. The molecule has 7 heteroatoms. The van der Waals surface area contributed by atoms with Gasteiger partial charge in [-0.2, -0.15) is 4.98 Å². The molecule has 110 valence electrons. The largest absolute Gasteiger partial charge is 0.475 e. The fraction of sp³-hybridized carbons (Fsp3) is 0.615. The SMILES string of the molecule is COC(=O)C1COCCN1c1nccc(OC(C)C)n1. The molecule has 0 radical (unpaired) electrons. The Kier molecular flexibility index (Phi) is 4.73. The lowest BCUT2D eigenvalue weighted by Gasteiger charge is -2.33. The minimum atomic E-state index is -0.525. The van der Waals surface area contributed by atoms with Crippen molar-refractivity contribution in [2.24, 2.45) is 0 Å². The van der Waals surface area contributed by atoms with Gasteiger partial charge in [-0.05, 0) is 13.8 Å². The predicted molar refractivity (Wildman–Crippen MR) is 71.8 cm³/mol. The first kappa shape index (κ1) is 14.5. The van der Waals surface area contributed by atoms with Gasteiger partial charge in [-0.3, -0.25) is 0 Å². The molecule has 20 heavy (non-hydrogen) atoms. The summed E-state index contributed by atoms with van der Waals surface area (Å²) < 4.78 is 15.7. The Labute approximate surface area is 117 Å². The molecule has 1 aliphatic rings. The minimum absolute atomic E-state index is 0.0267. The van der Waals surface area contributed by atoms with E-state index in [1.807, 2.05) is 13.8 Å². The minimum Gasteiger partial charge on any atom is -0.475 e. The second-order valence-corrected chi connectivity index (χ2v) is 4.67. The Morgan fingerprint density at radius 3 is 3.05 bits per heavy atom. The third kappa shape index (κ3) is 3.36. The molecule has 0 N–H and O–H groups in total. The molecule has 0 amide bonds. The van der Waals surface area contributed by atoms with Crippen LogP contribution in [0.3, 0.4) is 0 Å². The highest BCUT2D eigenvalue weighted by molar-refractivity contribution is 5.79. The summed E-state index contributed by atoms with van der Waals surface area (Å²) in [5.41, 5.74) is 0. The highest BCUT2D eigenvalue weighted by Gasteiger charge is 2.32. The highest BCUT2D eigenvalue weighted by atomic mass is 16.5. The predicted octanol–water partition coefficient (Wildman–Crippen LogP) is 0.642. The second-order valence-electron chi connectivity index (χ2n) is 4.67. The van der Waals surface area contributed by atoms with Gasteiger partial charge >= 0.3 is 5.97 Å². The van der Waals surface area contributed by atoms with Crippen LogP contribution in [-0.2, 0) is 14.3 Å². The number of aromatic nitrogens is 2. The lowest BCUT2D eigenvalue weighted by molar-refractivity contribution is -0.144. The summed E-state index contributed by atoms with van der Waals surface area (Å²) in [6, 6.07) is 1.17. The number of esters is 1. The smallest absolute Gasteiger partial charge is 0.331 e. The maximum Gasteiger partial charge on any atom is 0.331 e. The van der Waals surface area contributed by atoms with Crippen molar-refractivity contribution in [1.29, 1.82) is 0 Å². The van der Waals surface area contributed by atoms with E-state index in [2.05, 4.69) is 9.97 Å². The van der Waals surface area contributed by atoms with Gasteiger partial charge in [0.05, 0.1) is 26.4 Å². The highest BCUT2D eigenvalue weighted by Crippen LogP contribution is 2.19. The molecule has 7 nitrogen and oxygen atoms in total. The molecule has 1 unspecified atom stereocenters. The summed E-state index contributed by atoms with van der Waals surface area (Å²) in [5.74, 6) is 0.574. The quantitative estimate of drug-likeness (QED) is 0.750. The second kappa shape index (κ2) is 6.51. The van der Waals surface area contributed by atoms with E-state index in [9.17, 15) is 4.79 Å². The first-order chi connectivity index (χ1) is 9.61. The molecule has 1 atom stereocenters. The van der Waals surface area contributed by atoms with E-state index in [4.69, 9.17) is 14.2 Å². The Bertz CT molecular complexity index is 467. The lowest BCUT2D eigenvalue weighted by atomic mass is 10.2. The van der Waals surface area contributed by atoms with Crippen LogP contribution < -0.4 is 9.64 Å². The van der Waals surface area contributed by atoms with Crippen LogP contribution in [0, 0.1) is 0 Å². The van der Waals surface area contributed by atoms with Gasteiger partial charge in [-0.25, -0.2) is 9.78 Å². The number of carbonyl (C=O) groups excluding carboxylic acids is 1. The first-order valence-corrected chi connectivity index (χ1v) is 6.53. The van der Waals surface area contributed by atoms with Crippen LogP contribution in [0.5, 0.6) is 5.88 Å². The number of ether oxygens (including phenoxy) is 3. The molecular formula is C13H19N3O4. The first-order valence-electron chi connectivity index (χ1n) is 6.53. The fourth-order valence-electron chi connectivity index (χ4n) is 1.95. The van der Waals surface area contributed by atoms with E-state index < -0.39 is 6.04 Å². The summed E-state index contributed by atoms with van der Waals surface area (Å²) in [6.45, 7) is 5.17. The normalized spacial score (nSPS) is 19.0. The third-order valence-corrected chi connectivity index (χ3v) is 2.83. The number of methoxy groups -OCH3 is 1. The van der Waals surface area contributed by atoms with Crippen molar-refractivity contribution >= 4 is 11.9 Å². The molecule has 0 bridgehead atoms. The number of carbonyl (C=O) groups is 1. The van der Waals surface area contributed by atoms with Crippen LogP contribution in [-0.4, -0.2) is 55.0 Å². The van der Waals surface area contributed by atoms with Crippen LogP contribution in [0.25, 0.3) is 0 Å². The fourth-order valence-corrected chi connectivity index (χ4v) is 1.95. The van der Waals surface area contributed by atoms with Crippen molar-refractivity contribution < 1.29 is 19.0 Å².